The van der Waals surface area contributed by atoms with E-state index in [4.69, 9.17) is 5.73 Å². The van der Waals surface area contributed by atoms with Crippen LogP contribution in [0.5, 0.6) is 0 Å². The van der Waals surface area contributed by atoms with Gasteiger partial charge in [-0.1, -0.05) is 13.8 Å². The number of nitrogens with one attached hydrogen (secondary N) is 2. The Hall–Kier alpha value is -1.76. The molecule has 1 heterocycles. The molecule has 0 bridgehead atoms. The fraction of sp³-hybridized carbons (Fsp3) is 0.417. The first kappa shape index (κ1) is 13.7. The van der Waals surface area contributed by atoms with Crippen molar-refractivity contribution in [3.05, 3.63) is 12.1 Å². The molecule has 1 aromatic rings. The fourth-order valence-electron chi connectivity index (χ4n) is 1.88. The Morgan fingerprint density at radius 2 is 2.05 bits per heavy atom. The van der Waals surface area contributed by atoms with Gasteiger partial charge >= 0.3 is 0 Å². The van der Waals surface area contributed by atoms with Crippen molar-refractivity contribution in [2.75, 3.05) is 28.7 Å². The standard InChI is InChI=1S/C12H17N3O3S/c1-3-19(17,18)11-5-9-10(4-8(11)13)15-12(16)7(2)6-14-9/h4-5,7,14H,3,6,13H2,1-2H3,(H,15,16). The average molecular weight is 283 g/mol. The molecule has 2 rings (SSSR count). The number of carbonyl (C=O) groups excluding carboxylic acids is 1. The molecule has 0 fully saturated rings. The first-order valence-electron chi connectivity index (χ1n) is 6.06. The fourth-order valence-corrected chi connectivity index (χ4v) is 2.91. The van der Waals surface area contributed by atoms with Crippen LogP contribution in [0.15, 0.2) is 17.0 Å². The van der Waals surface area contributed by atoms with Gasteiger partial charge in [-0.2, -0.15) is 0 Å². The van der Waals surface area contributed by atoms with Crippen LogP contribution in [0.25, 0.3) is 0 Å². The lowest BCUT2D eigenvalue weighted by atomic mass is 10.2. The largest absolute Gasteiger partial charge is 0.398 e. The number of anilines is 3. The summed E-state index contributed by atoms with van der Waals surface area (Å²) in [6.45, 7) is 3.81. The average Bonchev–Trinajstić information content (AvgIpc) is 2.49. The van der Waals surface area contributed by atoms with Crippen molar-refractivity contribution in [3.8, 4) is 0 Å². The maximum atomic E-state index is 11.9. The van der Waals surface area contributed by atoms with Crippen molar-refractivity contribution in [1.82, 2.24) is 0 Å². The molecule has 1 aromatic carbocycles. The summed E-state index contributed by atoms with van der Waals surface area (Å²) in [4.78, 5) is 11.8. The molecule has 1 amide bonds. The molecular formula is C12H17N3O3S. The molecule has 0 radical (unpaired) electrons. The van der Waals surface area contributed by atoms with Crippen molar-refractivity contribution in [2.24, 2.45) is 5.92 Å². The van der Waals surface area contributed by atoms with E-state index in [1.807, 2.05) is 0 Å². The van der Waals surface area contributed by atoms with Gasteiger partial charge in [0, 0.05) is 6.54 Å². The number of hydrogen-bond acceptors (Lipinski definition) is 5. The minimum absolute atomic E-state index is 0.0151. The summed E-state index contributed by atoms with van der Waals surface area (Å²) >= 11 is 0. The van der Waals surface area contributed by atoms with Crippen LogP contribution in [0.2, 0.25) is 0 Å². The van der Waals surface area contributed by atoms with E-state index in [2.05, 4.69) is 10.6 Å². The van der Waals surface area contributed by atoms with Crippen molar-refractivity contribution in [2.45, 2.75) is 18.7 Å². The van der Waals surface area contributed by atoms with Gasteiger partial charge in [0.15, 0.2) is 9.84 Å². The Bertz CT molecular complexity index is 625. The number of benzene rings is 1. The van der Waals surface area contributed by atoms with Crippen LogP contribution in [0.4, 0.5) is 17.1 Å². The van der Waals surface area contributed by atoms with Crippen LogP contribution >= 0.6 is 0 Å². The predicted octanol–water partition coefficient (Wildman–Crippen LogP) is 1.06. The number of carbonyl (C=O) groups is 1. The van der Waals surface area contributed by atoms with Crippen LogP contribution in [-0.2, 0) is 14.6 Å². The minimum Gasteiger partial charge on any atom is -0.398 e. The van der Waals surface area contributed by atoms with Gasteiger partial charge in [0.1, 0.15) is 0 Å². The van der Waals surface area contributed by atoms with E-state index in [1.165, 1.54) is 12.1 Å². The molecule has 0 saturated carbocycles. The second-order valence-electron chi connectivity index (χ2n) is 4.61. The topological polar surface area (TPSA) is 101 Å². The summed E-state index contributed by atoms with van der Waals surface area (Å²) in [5.41, 5.74) is 7.03. The van der Waals surface area contributed by atoms with Crippen LogP contribution in [0, 0.1) is 5.92 Å². The Morgan fingerprint density at radius 3 is 2.68 bits per heavy atom. The smallest absolute Gasteiger partial charge is 0.229 e. The number of amides is 1. The molecule has 4 N–H and O–H groups in total. The van der Waals surface area contributed by atoms with Crippen molar-refractivity contribution in [3.63, 3.8) is 0 Å². The molecule has 7 heteroatoms. The summed E-state index contributed by atoms with van der Waals surface area (Å²) in [5.74, 6) is -0.324. The third-order valence-electron chi connectivity index (χ3n) is 3.17. The second-order valence-corrected chi connectivity index (χ2v) is 6.86. The normalized spacial score (nSPS) is 19.1. The second kappa shape index (κ2) is 4.73. The molecule has 1 aliphatic heterocycles. The summed E-state index contributed by atoms with van der Waals surface area (Å²) in [5, 5.41) is 5.80. The molecule has 0 saturated heterocycles. The maximum Gasteiger partial charge on any atom is 0.229 e. The SMILES string of the molecule is CCS(=O)(=O)c1cc2c(cc1N)NC(=O)C(C)CN2. The molecule has 1 aliphatic rings. The van der Waals surface area contributed by atoms with Crippen LogP contribution < -0.4 is 16.4 Å². The van der Waals surface area contributed by atoms with E-state index in [1.54, 1.807) is 13.8 Å². The minimum atomic E-state index is -3.38. The lowest BCUT2D eigenvalue weighted by Gasteiger charge is -2.12. The van der Waals surface area contributed by atoms with Gasteiger partial charge in [-0.25, -0.2) is 8.42 Å². The van der Waals surface area contributed by atoms with Crippen LogP contribution in [0.1, 0.15) is 13.8 Å². The van der Waals surface area contributed by atoms with Crippen molar-refractivity contribution < 1.29 is 13.2 Å². The van der Waals surface area contributed by atoms with E-state index in [9.17, 15) is 13.2 Å². The zero-order valence-electron chi connectivity index (χ0n) is 10.9. The Balaban J connectivity index is 2.53. The third kappa shape index (κ3) is 2.51. The van der Waals surface area contributed by atoms with Gasteiger partial charge in [0.2, 0.25) is 5.91 Å². The quantitative estimate of drug-likeness (QED) is 0.705. The van der Waals surface area contributed by atoms with Gasteiger partial charge < -0.3 is 16.4 Å². The molecule has 1 atom stereocenters. The number of sulfone groups is 1. The number of nitrogens with two attached hydrogens (primary N) is 1. The van der Waals surface area contributed by atoms with Crippen LogP contribution in [-0.4, -0.2) is 26.6 Å². The van der Waals surface area contributed by atoms with E-state index in [-0.39, 0.29) is 28.2 Å². The third-order valence-corrected chi connectivity index (χ3v) is 4.95. The zero-order chi connectivity index (χ0) is 14.2. The number of hydrogen-bond donors (Lipinski definition) is 3. The highest BCUT2D eigenvalue weighted by Gasteiger charge is 2.23. The molecule has 104 valence electrons. The Kier molecular flexibility index (Phi) is 3.40. The van der Waals surface area contributed by atoms with Crippen LogP contribution in [0.3, 0.4) is 0 Å². The zero-order valence-corrected chi connectivity index (χ0v) is 11.7. The molecule has 1 unspecified atom stereocenters. The number of fused-ring (bicyclic) bond motifs is 1. The van der Waals surface area contributed by atoms with E-state index >= 15 is 0 Å². The Labute approximate surface area is 112 Å². The summed E-state index contributed by atoms with van der Waals surface area (Å²) in [6, 6.07) is 2.97. The monoisotopic (exact) mass is 283 g/mol. The lowest BCUT2D eigenvalue weighted by molar-refractivity contribution is -0.118. The highest BCUT2D eigenvalue weighted by atomic mass is 32.2. The van der Waals surface area contributed by atoms with E-state index < -0.39 is 9.84 Å². The summed E-state index contributed by atoms with van der Waals surface area (Å²) < 4.78 is 23.9. The Morgan fingerprint density at radius 1 is 1.37 bits per heavy atom. The van der Waals surface area contributed by atoms with E-state index in [0.29, 0.717) is 17.9 Å². The van der Waals surface area contributed by atoms with Gasteiger partial charge in [-0.05, 0) is 12.1 Å². The highest BCUT2D eigenvalue weighted by molar-refractivity contribution is 7.91. The summed E-state index contributed by atoms with van der Waals surface area (Å²) in [7, 11) is -3.38. The predicted molar refractivity (Wildman–Crippen MR) is 74.9 cm³/mol. The van der Waals surface area contributed by atoms with Crippen molar-refractivity contribution >= 4 is 32.8 Å². The number of nitrogen functional groups attached to an aromatic ring is 1. The molecule has 0 aliphatic carbocycles. The first-order chi connectivity index (χ1) is 8.85. The van der Waals surface area contributed by atoms with Gasteiger partial charge in [-0.3, -0.25) is 4.79 Å². The number of rotatable bonds is 2. The maximum absolute atomic E-state index is 11.9. The molecule has 6 nitrogen and oxygen atoms in total. The molecule has 19 heavy (non-hydrogen) atoms. The van der Waals surface area contributed by atoms with E-state index in [0.717, 1.165) is 0 Å². The van der Waals surface area contributed by atoms with Gasteiger partial charge in [0.25, 0.3) is 0 Å². The first-order valence-corrected chi connectivity index (χ1v) is 7.71. The molecule has 0 spiro atoms. The molecule has 0 aromatic heterocycles. The molecular weight excluding hydrogens is 266 g/mol. The van der Waals surface area contributed by atoms with Gasteiger partial charge in [-0.15, -0.1) is 0 Å². The summed E-state index contributed by atoms with van der Waals surface area (Å²) in [6.07, 6.45) is 0. The highest BCUT2D eigenvalue weighted by Crippen LogP contribution is 2.33. The van der Waals surface area contributed by atoms with Gasteiger partial charge in [0.05, 0.1) is 33.6 Å². The lowest BCUT2D eigenvalue weighted by Crippen LogP contribution is -2.22. The van der Waals surface area contributed by atoms with Crippen molar-refractivity contribution in [1.29, 1.82) is 0 Å².